The zero-order valence-corrected chi connectivity index (χ0v) is 17.7. The van der Waals surface area contributed by atoms with Crippen LogP contribution in [0.25, 0.3) is 39.1 Å². The molecule has 6 heterocycles. The summed E-state index contributed by atoms with van der Waals surface area (Å²) in [7, 11) is 0. The fraction of sp³-hybridized carbons (Fsp3) is 0.269. The molecule has 0 aliphatic carbocycles. The predicted octanol–water partition coefficient (Wildman–Crippen LogP) is 4.94. The Balaban J connectivity index is 1.34. The van der Waals surface area contributed by atoms with Crippen molar-refractivity contribution in [2.45, 2.75) is 43.7 Å². The predicted molar refractivity (Wildman–Crippen MR) is 125 cm³/mol. The number of aromatic amines is 1. The van der Waals surface area contributed by atoms with Gasteiger partial charge >= 0.3 is 0 Å². The minimum absolute atomic E-state index is 0.485. The topological polar surface area (TPSA) is 70.9 Å². The molecular weight excluding hydrogens is 396 g/mol. The van der Waals surface area contributed by atoms with Crippen LogP contribution in [0.2, 0.25) is 0 Å². The Bertz CT molecular complexity index is 1400. The third kappa shape index (κ3) is 2.79. The molecule has 0 radical (unpaired) electrons. The Morgan fingerprint density at radius 3 is 2.50 bits per heavy atom. The molecule has 2 N–H and O–H groups in total. The average Bonchev–Trinajstić information content (AvgIpc) is 3.57. The number of H-pyrrole nitrogens is 1. The molecule has 32 heavy (non-hydrogen) atoms. The van der Waals surface area contributed by atoms with E-state index in [1.165, 1.54) is 23.9 Å². The van der Waals surface area contributed by atoms with Crippen LogP contribution in [0, 0.1) is 0 Å². The van der Waals surface area contributed by atoms with Crippen LogP contribution >= 0.6 is 0 Å². The molecule has 6 nitrogen and oxygen atoms in total. The number of hydrogen-bond acceptors (Lipinski definition) is 4. The van der Waals surface area contributed by atoms with Crippen molar-refractivity contribution >= 4 is 16.7 Å². The van der Waals surface area contributed by atoms with Crippen molar-refractivity contribution in [2.75, 3.05) is 0 Å². The van der Waals surface area contributed by atoms with Crippen LogP contribution in [0.3, 0.4) is 0 Å². The number of benzene rings is 1. The summed E-state index contributed by atoms with van der Waals surface area (Å²) in [5.41, 5.74) is 7.28. The molecule has 2 saturated heterocycles. The largest absolute Gasteiger partial charge is 0.346 e. The van der Waals surface area contributed by atoms with Crippen molar-refractivity contribution in [2.24, 2.45) is 0 Å². The lowest BCUT2D eigenvalue weighted by Gasteiger charge is -2.29. The van der Waals surface area contributed by atoms with Gasteiger partial charge in [0.15, 0.2) is 5.65 Å². The lowest BCUT2D eigenvalue weighted by atomic mass is 9.88. The van der Waals surface area contributed by atoms with E-state index in [1.54, 1.807) is 0 Å². The molecule has 5 aromatic rings. The summed E-state index contributed by atoms with van der Waals surface area (Å²) in [6, 6.07) is 17.9. The number of fused-ring (bicyclic) bond motifs is 5. The van der Waals surface area contributed by atoms with Gasteiger partial charge in [0, 0.05) is 52.5 Å². The van der Waals surface area contributed by atoms with Crippen LogP contribution in [-0.2, 0) is 0 Å². The third-order valence-electron chi connectivity index (χ3n) is 7.19. The number of pyridine rings is 1. The number of nitrogens with zero attached hydrogens (tertiary/aromatic N) is 4. The number of hydrogen-bond donors (Lipinski definition) is 2. The van der Waals surface area contributed by atoms with Gasteiger partial charge in [0.1, 0.15) is 5.65 Å². The van der Waals surface area contributed by atoms with Gasteiger partial charge in [0.2, 0.25) is 0 Å². The normalized spacial score (nSPS) is 22.7. The van der Waals surface area contributed by atoms with Crippen LogP contribution in [0.5, 0.6) is 0 Å². The van der Waals surface area contributed by atoms with E-state index in [1.807, 2.05) is 41.3 Å². The highest BCUT2D eigenvalue weighted by Crippen LogP contribution is 2.39. The summed E-state index contributed by atoms with van der Waals surface area (Å²) < 4.78 is 1.94. The molecule has 7 rings (SSSR count). The lowest BCUT2D eigenvalue weighted by Crippen LogP contribution is -2.37. The SMILES string of the molecule is c1ccc(-c2ccc(-c3cnn4c3nc([C@@H]3C[C@H]5CC[C@@H](C3)N5)c3cc[nH]c34)cn2)cc1. The number of piperidine rings is 1. The van der Waals surface area contributed by atoms with Crippen molar-refractivity contribution in [3.63, 3.8) is 0 Å². The second-order valence-electron chi connectivity index (χ2n) is 9.13. The third-order valence-corrected chi connectivity index (χ3v) is 7.19. The standard InChI is InChI=1S/C26H24N6/c1-2-4-16(5-3-1)23-9-6-17(14-28-23)22-15-29-32-25-21(10-11-27-25)24(31-26(22)32)18-12-19-7-8-20(13-18)30-19/h1-6,9-11,14-15,18-20,27,30H,7-8,12-13H2/t18-,19-,20+. The minimum Gasteiger partial charge on any atom is -0.346 e. The quantitative estimate of drug-likeness (QED) is 0.434. The summed E-state index contributed by atoms with van der Waals surface area (Å²) >= 11 is 0. The molecule has 2 fully saturated rings. The van der Waals surface area contributed by atoms with Crippen LogP contribution < -0.4 is 5.32 Å². The Morgan fingerprint density at radius 1 is 0.875 bits per heavy atom. The molecule has 3 atom stereocenters. The van der Waals surface area contributed by atoms with Crippen LogP contribution in [0.1, 0.15) is 37.3 Å². The molecule has 2 aliphatic heterocycles. The second-order valence-corrected chi connectivity index (χ2v) is 9.13. The number of nitrogens with one attached hydrogen (secondary N) is 2. The summed E-state index contributed by atoms with van der Waals surface area (Å²) in [5.74, 6) is 0.485. The molecule has 2 aliphatic rings. The highest BCUT2D eigenvalue weighted by Gasteiger charge is 2.35. The van der Waals surface area contributed by atoms with E-state index < -0.39 is 0 Å². The minimum atomic E-state index is 0.485. The first-order valence-corrected chi connectivity index (χ1v) is 11.5. The fourth-order valence-electron chi connectivity index (χ4n) is 5.66. The maximum absolute atomic E-state index is 5.24. The summed E-state index contributed by atoms with van der Waals surface area (Å²) in [6.45, 7) is 0. The molecule has 0 spiro atoms. The van der Waals surface area contributed by atoms with Gasteiger partial charge in [-0.15, -0.1) is 0 Å². The van der Waals surface area contributed by atoms with Crippen LogP contribution in [0.15, 0.2) is 67.1 Å². The lowest BCUT2D eigenvalue weighted by molar-refractivity contribution is 0.360. The molecule has 2 bridgehead atoms. The van der Waals surface area contributed by atoms with Crippen LogP contribution in [0.4, 0.5) is 0 Å². The van der Waals surface area contributed by atoms with Gasteiger partial charge in [0.05, 0.1) is 17.6 Å². The first kappa shape index (κ1) is 18.1. The van der Waals surface area contributed by atoms with E-state index in [2.05, 4.69) is 45.7 Å². The molecule has 0 amide bonds. The zero-order chi connectivity index (χ0) is 21.1. The highest BCUT2D eigenvalue weighted by atomic mass is 15.3. The van der Waals surface area contributed by atoms with Crippen molar-refractivity contribution in [3.8, 4) is 22.4 Å². The summed E-state index contributed by atoms with van der Waals surface area (Å²) in [4.78, 5) is 13.4. The first-order valence-electron chi connectivity index (χ1n) is 11.5. The number of aromatic nitrogens is 5. The second kappa shape index (κ2) is 7.00. The molecule has 158 valence electrons. The maximum atomic E-state index is 5.24. The molecule has 4 aromatic heterocycles. The average molecular weight is 421 g/mol. The molecular formula is C26H24N6. The van der Waals surface area contributed by atoms with Gasteiger partial charge in [-0.05, 0) is 37.8 Å². The van der Waals surface area contributed by atoms with Gasteiger partial charge in [0.25, 0.3) is 0 Å². The van der Waals surface area contributed by atoms with Gasteiger partial charge in [-0.3, -0.25) is 4.98 Å². The van der Waals surface area contributed by atoms with Crippen LogP contribution in [-0.4, -0.2) is 36.6 Å². The van der Waals surface area contributed by atoms with Crippen molar-refractivity contribution in [1.82, 2.24) is 29.9 Å². The molecule has 6 heteroatoms. The Hall–Kier alpha value is -3.51. The van der Waals surface area contributed by atoms with Gasteiger partial charge in [-0.1, -0.05) is 36.4 Å². The Kier molecular flexibility index (Phi) is 3.96. The van der Waals surface area contributed by atoms with E-state index in [9.17, 15) is 0 Å². The van der Waals surface area contributed by atoms with Gasteiger partial charge in [-0.2, -0.15) is 9.61 Å². The zero-order valence-electron chi connectivity index (χ0n) is 17.7. The monoisotopic (exact) mass is 420 g/mol. The number of rotatable bonds is 3. The van der Waals surface area contributed by atoms with Gasteiger partial charge < -0.3 is 10.3 Å². The summed E-state index contributed by atoms with van der Waals surface area (Å²) in [6.07, 6.45) is 10.8. The van der Waals surface area contributed by atoms with E-state index in [4.69, 9.17) is 9.97 Å². The van der Waals surface area contributed by atoms with Crippen molar-refractivity contribution < 1.29 is 0 Å². The molecule has 0 unspecified atom stereocenters. The van der Waals surface area contributed by atoms with Gasteiger partial charge in [-0.25, -0.2) is 4.98 Å². The Labute approximate surface area is 185 Å². The highest BCUT2D eigenvalue weighted by molar-refractivity contribution is 5.86. The summed E-state index contributed by atoms with van der Waals surface area (Å²) in [5, 5.41) is 9.64. The van der Waals surface area contributed by atoms with E-state index >= 15 is 0 Å². The Morgan fingerprint density at radius 2 is 1.72 bits per heavy atom. The first-order chi connectivity index (χ1) is 15.8. The molecule has 0 saturated carbocycles. The van der Waals surface area contributed by atoms with E-state index in [0.717, 1.165) is 46.5 Å². The maximum Gasteiger partial charge on any atom is 0.165 e. The smallest absolute Gasteiger partial charge is 0.165 e. The molecule has 1 aromatic carbocycles. The van der Waals surface area contributed by atoms with Crippen molar-refractivity contribution in [1.29, 1.82) is 0 Å². The van der Waals surface area contributed by atoms with E-state index in [-0.39, 0.29) is 0 Å². The van der Waals surface area contributed by atoms with E-state index in [0.29, 0.717) is 18.0 Å². The van der Waals surface area contributed by atoms with Crippen molar-refractivity contribution in [3.05, 3.63) is 72.8 Å². The fourth-order valence-corrected chi connectivity index (χ4v) is 5.66.